The average molecular weight is 559 g/mol. The largest absolute Gasteiger partial charge is 0.415 e. The van der Waals surface area contributed by atoms with Gasteiger partial charge in [0.05, 0.1) is 11.4 Å². The Morgan fingerprint density at radius 1 is 1.08 bits per heavy atom. The molecule has 8 nitrogen and oxygen atoms in total. The van der Waals surface area contributed by atoms with E-state index in [1.807, 2.05) is 13.8 Å². The van der Waals surface area contributed by atoms with Crippen LogP contribution in [0.2, 0.25) is 16.6 Å². The number of ether oxygens (including phenoxy) is 1. The molecule has 1 saturated heterocycles. The molecule has 37 heavy (non-hydrogen) atoms. The van der Waals surface area contributed by atoms with E-state index >= 15 is 0 Å². The van der Waals surface area contributed by atoms with Crippen molar-refractivity contribution in [2.75, 3.05) is 30.9 Å². The molecule has 2 heterocycles. The van der Waals surface area contributed by atoms with E-state index < -0.39 is 34.2 Å². The van der Waals surface area contributed by atoms with Gasteiger partial charge in [-0.1, -0.05) is 60.5 Å². The first kappa shape index (κ1) is 32.0. The molecule has 0 aliphatic carbocycles. The van der Waals surface area contributed by atoms with E-state index in [9.17, 15) is 13.2 Å². The lowest BCUT2D eigenvalue weighted by Crippen LogP contribution is -2.49. The number of nitrogens with zero attached hydrogens (tertiary/aromatic N) is 1. The van der Waals surface area contributed by atoms with Gasteiger partial charge in [-0.25, -0.2) is 8.42 Å². The van der Waals surface area contributed by atoms with Gasteiger partial charge >= 0.3 is 0 Å². The van der Waals surface area contributed by atoms with Crippen molar-refractivity contribution >= 4 is 29.9 Å². The zero-order chi connectivity index (χ0) is 28.2. The van der Waals surface area contributed by atoms with Crippen LogP contribution in [0.25, 0.3) is 0 Å². The molecule has 0 unspecified atom stereocenters. The molecular formula is C27H50N2O6SSi. The van der Waals surface area contributed by atoms with Crippen LogP contribution in [-0.2, 0) is 29.2 Å². The topological polar surface area (TPSA) is 108 Å². The zero-order valence-corrected chi connectivity index (χ0v) is 26.5. The minimum absolute atomic E-state index is 0.0305. The van der Waals surface area contributed by atoms with Crippen LogP contribution in [0.1, 0.15) is 94.2 Å². The molecule has 2 rings (SSSR count). The van der Waals surface area contributed by atoms with Gasteiger partial charge in [0, 0.05) is 31.3 Å². The van der Waals surface area contributed by atoms with Crippen LogP contribution in [0.5, 0.6) is 0 Å². The summed E-state index contributed by atoms with van der Waals surface area (Å²) in [6.45, 7) is 22.3. The first-order chi connectivity index (χ1) is 17.0. The van der Waals surface area contributed by atoms with E-state index in [0.717, 1.165) is 12.8 Å². The number of aromatic nitrogens is 1. The van der Waals surface area contributed by atoms with Gasteiger partial charge < -0.3 is 13.7 Å². The molecule has 0 aromatic carbocycles. The quantitative estimate of drug-likeness (QED) is 0.292. The van der Waals surface area contributed by atoms with Gasteiger partial charge in [-0.2, -0.15) is 0 Å². The summed E-state index contributed by atoms with van der Waals surface area (Å²) < 4.78 is 42.1. The van der Waals surface area contributed by atoms with Gasteiger partial charge in [-0.15, -0.1) is 0 Å². The highest BCUT2D eigenvalue weighted by molar-refractivity contribution is 7.93. The number of carbonyl (C=O) groups is 1. The van der Waals surface area contributed by atoms with Crippen molar-refractivity contribution in [3.63, 3.8) is 0 Å². The third kappa shape index (κ3) is 7.25. The summed E-state index contributed by atoms with van der Waals surface area (Å²) >= 11 is 0. The normalized spacial score (nSPS) is 16.7. The molecule has 1 fully saturated rings. The van der Waals surface area contributed by atoms with Crippen molar-refractivity contribution in [3.05, 3.63) is 11.8 Å². The van der Waals surface area contributed by atoms with Crippen LogP contribution in [0.3, 0.4) is 0 Å². The second-order valence-electron chi connectivity index (χ2n) is 12.7. The molecule has 1 N–H and O–H groups in total. The highest BCUT2D eigenvalue weighted by atomic mass is 32.2. The Morgan fingerprint density at radius 2 is 1.62 bits per heavy atom. The summed E-state index contributed by atoms with van der Waals surface area (Å²) in [7, 11) is -5.74. The van der Waals surface area contributed by atoms with Gasteiger partial charge in [-0.05, 0) is 55.7 Å². The van der Waals surface area contributed by atoms with Crippen LogP contribution in [0, 0.1) is 5.92 Å². The predicted octanol–water partition coefficient (Wildman–Crippen LogP) is 6.09. The number of carbonyl (C=O) groups excluding carboxylic acids is 1. The lowest BCUT2D eigenvalue weighted by atomic mass is 9.91. The number of hydrogen-bond acceptors (Lipinski definition) is 7. The maximum absolute atomic E-state index is 13.1. The summed E-state index contributed by atoms with van der Waals surface area (Å²) in [6.07, 6.45) is 2.26. The molecule has 10 heteroatoms. The van der Waals surface area contributed by atoms with Crippen LogP contribution in [-0.4, -0.2) is 58.1 Å². The highest BCUT2D eigenvalue weighted by Gasteiger charge is 2.46. The summed E-state index contributed by atoms with van der Waals surface area (Å²) in [6, 6.07) is 1.68. The number of rotatable bonds is 13. The third-order valence-corrected chi connectivity index (χ3v) is 16.9. The predicted molar refractivity (Wildman–Crippen MR) is 151 cm³/mol. The Labute approximate surface area is 225 Å². The molecule has 1 aliphatic rings. The molecule has 1 aromatic heterocycles. The smallest absolute Gasteiger partial charge is 0.247 e. The lowest BCUT2D eigenvalue weighted by molar-refractivity contribution is -0.118. The van der Waals surface area contributed by atoms with E-state index in [1.165, 1.54) is 13.8 Å². The minimum atomic E-state index is -3.68. The van der Waals surface area contributed by atoms with Crippen molar-refractivity contribution in [1.82, 2.24) is 5.16 Å². The van der Waals surface area contributed by atoms with Crippen molar-refractivity contribution in [2.45, 2.75) is 115 Å². The van der Waals surface area contributed by atoms with Crippen LogP contribution in [0.4, 0.5) is 5.88 Å². The minimum Gasteiger partial charge on any atom is -0.415 e. The van der Waals surface area contributed by atoms with Crippen molar-refractivity contribution < 1.29 is 26.9 Å². The molecule has 0 spiro atoms. The fraction of sp³-hybridized carbons (Fsp3) is 0.852. The molecule has 0 bridgehead atoms. The van der Waals surface area contributed by atoms with Crippen LogP contribution < -0.4 is 5.32 Å². The fourth-order valence-electron chi connectivity index (χ4n) is 5.55. The standard InChI is InChI=1S/C27H50N2O6SSi/c1-19(2)37(20(3)4,21(5)6)34-18-26(7,8)23-17-24(35-29-23)28-25(30)27(9,10)36(31,32)16-13-22-11-14-33-15-12-22/h17,19-22H,11-16,18H2,1-10H3,(H,28,30). The second kappa shape index (κ2) is 12.3. The number of nitrogens with one attached hydrogen (secondary N) is 1. The van der Waals surface area contributed by atoms with E-state index in [2.05, 4.69) is 52.0 Å². The van der Waals surface area contributed by atoms with Gasteiger partial charge in [-0.3, -0.25) is 10.1 Å². The molecule has 0 saturated carbocycles. The highest BCUT2D eigenvalue weighted by Crippen LogP contribution is 2.43. The fourth-order valence-corrected chi connectivity index (χ4v) is 12.6. The Bertz CT molecular complexity index is 973. The van der Waals surface area contributed by atoms with E-state index in [1.54, 1.807) is 6.07 Å². The van der Waals surface area contributed by atoms with Gasteiger partial charge in [0.1, 0.15) is 4.75 Å². The van der Waals surface area contributed by atoms with E-state index in [0.29, 0.717) is 54.5 Å². The van der Waals surface area contributed by atoms with Gasteiger partial charge in [0.15, 0.2) is 18.2 Å². The van der Waals surface area contributed by atoms with Crippen LogP contribution in [0.15, 0.2) is 10.6 Å². The molecule has 214 valence electrons. The first-order valence-electron chi connectivity index (χ1n) is 13.7. The monoisotopic (exact) mass is 558 g/mol. The number of amides is 1. The zero-order valence-electron chi connectivity index (χ0n) is 24.6. The number of sulfone groups is 1. The molecule has 0 radical (unpaired) electrons. The van der Waals surface area contributed by atoms with Crippen LogP contribution >= 0.6 is 0 Å². The van der Waals surface area contributed by atoms with Gasteiger partial charge in [0.25, 0.3) is 0 Å². The molecule has 0 atom stereocenters. The Morgan fingerprint density at radius 3 is 2.14 bits per heavy atom. The summed E-state index contributed by atoms with van der Waals surface area (Å²) in [5, 5.41) is 6.85. The Balaban J connectivity index is 2.08. The first-order valence-corrected chi connectivity index (χ1v) is 17.5. The Kier molecular flexibility index (Phi) is 10.6. The summed E-state index contributed by atoms with van der Waals surface area (Å²) in [5.41, 5.74) is 1.60. The van der Waals surface area contributed by atoms with Gasteiger partial charge in [0.2, 0.25) is 11.8 Å². The summed E-state index contributed by atoms with van der Waals surface area (Å²) in [4.78, 5) is 13.1. The molecule has 1 amide bonds. The van der Waals surface area contributed by atoms with Crippen molar-refractivity contribution in [3.8, 4) is 0 Å². The number of anilines is 1. The van der Waals surface area contributed by atoms with Crippen molar-refractivity contribution in [1.29, 1.82) is 0 Å². The molecule has 1 aromatic rings. The lowest BCUT2D eigenvalue weighted by Gasteiger charge is -2.43. The maximum atomic E-state index is 13.1. The molecular weight excluding hydrogens is 508 g/mol. The molecule has 1 aliphatic heterocycles. The Hall–Kier alpha value is -1.23. The SMILES string of the molecule is CC(C)[Si](OCC(C)(C)c1cc(NC(=O)C(C)(C)S(=O)(=O)CCC2CCOCC2)on1)(C(C)C)C(C)C. The second-order valence-corrected chi connectivity index (χ2v) is 20.8. The summed E-state index contributed by atoms with van der Waals surface area (Å²) in [5.74, 6) is -0.201. The average Bonchev–Trinajstić information content (AvgIpc) is 3.27. The van der Waals surface area contributed by atoms with E-state index in [4.69, 9.17) is 13.7 Å². The maximum Gasteiger partial charge on any atom is 0.247 e. The third-order valence-electron chi connectivity index (χ3n) is 8.29. The van der Waals surface area contributed by atoms with E-state index in [-0.39, 0.29) is 11.6 Å². The van der Waals surface area contributed by atoms with Crippen molar-refractivity contribution in [2.24, 2.45) is 5.92 Å². The number of hydrogen-bond donors (Lipinski definition) is 1.